The molecule has 0 N–H and O–H groups in total. The summed E-state index contributed by atoms with van der Waals surface area (Å²) in [6.45, 7) is 33.0. The van der Waals surface area contributed by atoms with E-state index in [2.05, 4.69) is 109 Å². The Bertz CT molecular complexity index is 359. The lowest BCUT2D eigenvalue weighted by atomic mass is 9.88. The smallest absolute Gasteiger partial charge is 0.0228 e. The zero-order valence-corrected chi connectivity index (χ0v) is 22.9. The maximum atomic E-state index is 3.80. The normalized spacial score (nSPS) is 14.8. The Balaban J connectivity index is -0.000000152. The molecule has 0 spiro atoms. The fourth-order valence-corrected chi connectivity index (χ4v) is 2.96. The Kier molecular flexibility index (Phi) is 28.4. The van der Waals surface area contributed by atoms with Crippen LogP contribution in [0.2, 0.25) is 0 Å². The van der Waals surface area contributed by atoms with Gasteiger partial charge in [-0.05, 0) is 74.0 Å². The van der Waals surface area contributed by atoms with Crippen LogP contribution in [0.3, 0.4) is 0 Å². The lowest BCUT2D eigenvalue weighted by Crippen LogP contribution is -2.10. The van der Waals surface area contributed by atoms with Crippen molar-refractivity contribution in [1.82, 2.24) is 0 Å². The first kappa shape index (κ1) is 36.8. The van der Waals surface area contributed by atoms with Crippen LogP contribution in [-0.4, -0.2) is 0 Å². The second kappa shape index (κ2) is 23.1. The second-order valence-electron chi connectivity index (χ2n) is 11.1. The zero-order chi connectivity index (χ0) is 23.6. The molecule has 1 aliphatic rings. The van der Waals surface area contributed by atoms with Gasteiger partial charge in [-0.25, -0.2) is 0 Å². The SMILES string of the molecule is C.C=C(C)CC(C)C.CC(C)C(C)C(C)C.CC(C)CC1C=CCC1.CCC(C)C. The molecule has 0 heteroatoms. The lowest BCUT2D eigenvalue weighted by molar-refractivity contribution is 0.316. The lowest BCUT2D eigenvalue weighted by Gasteiger charge is -2.18. The minimum absolute atomic E-state index is 0. The van der Waals surface area contributed by atoms with E-state index in [0.717, 1.165) is 41.4 Å². The molecule has 30 heavy (non-hydrogen) atoms. The minimum atomic E-state index is 0. The molecule has 1 unspecified atom stereocenters. The molecule has 0 aromatic carbocycles. The summed E-state index contributed by atoms with van der Waals surface area (Å²) in [4.78, 5) is 0. The molecule has 0 fully saturated rings. The van der Waals surface area contributed by atoms with E-state index >= 15 is 0 Å². The van der Waals surface area contributed by atoms with Crippen LogP contribution >= 0.6 is 0 Å². The summed E-state index contributed by atoms with van der Waals surface area (Å²) in [5.74, 6) is 6.00. The highest BCUT2D eigenvalue weighted by Crippen LogP contribution is 2.23. The van der Waals surface area contributed by atoms with Crippen LogP contribution in [0.5, 0.6) is 0 Å². The first-order valence-corrected chi connectivity index (χ1v) is 12.5. The largest absolute Gasteiger partial charge is 0.100 e. The van der Waals surface area contributed by atoms with Gasteiger partial charge in [-0.1, -0.05) is 115 Å². The maximum Gasteiger partial charge on any atom is -0.0228 e. The van der Waals surface area contributed by atoms with Crippen LogP contribution in [0.15, 0.2) is 24.3 Å². The summed E-state index contributed by atoms with van der Waals surface area (Å²) in [5, 5.41) is 0. The van der Waals surface area contributed by atoms with E-state index in [0.29, 0.717) is 0 Å². The van der Waals surface area contributed by atoms with Gasteiger partial charge in [0.05, 0.1) is 0 Å². The van der Waals surface area contributed by atoms with E-state index in [4.69, 9.17) is 0 Å². The molecular formula is C30H64. The van der Waals surface area contributed by atoms with E-state index in [1.165, 1.54) is 37.7 Å². The molecule has 0 bridgehead atoms. The summed E-state index contributed by atoms with van der Waals surface area (Å²) < 4.78 is 0. The third-order valence-electron chi connectivity index (χ3n) is 5.56. The summed E-state index contributed by atoms with van der Waals surface area (Å²) in [6, 6.07) is 0. The van der Waals surface area contributed by atoms with Crippen molar-refractivity contribution in [3.05, 3.63) is 24.3 Å². The summed E-state index contributed by atoms with van der Waals surface area (Å²) in [6.07, 6.45) is 11.3. The highest BCUT2D eigenvalue weighted by atomic mass is 14.2. The van der Waals surface area contributed by atoms with Gasteiger partial charge in [-0.15, -0.1) is 6.58 Å². The van der Waals surface area contributed by atoms with Crippen LogP contribution in [0, 0.1) is 41.4 Å². The van der Waals surface area contributed by atoms with Gasteiger partial charge in [-0.2, -0.15) is 0 Å². The van der Waals surface area contributed by atoms with E-state index in [1.807, 2.05) is 0 Å². The molecule has 184 valence electrons. The fraction of sp³-hybridized carbons (Fsp3) is 0.867. The molecule has 1 atom stereocenters. The van der Waals surface area contributed by atoms with Crippen LogP contribution in [0.4, 0.5) is 0 Å². The molecule has 0 amide bonds. The van der Waals surface area contributed by atoms with Gasteiger partial charge in [-0.3, -0.25) is 0 Å². The van der Waals surface area contributed by atoms with E-state index in [-0.39, 0.29) is 7.43 Å². The Morgan fingerprint density at radius 2 is 1.27 bits per heavy atom. The predicted molar refractivity (Wildman–Crippen MR) is 146 cm³/mol. The van der Waals surface area contributed by atoms with E-state index < -0.39 is 0 Å². The van der Waals surface area contributed by atoms with Gasteiger partial charge in [0.15, 0.2) is 0 Å². The maximum absolute atomic E-state index is 3.80. The van der Waals surface area contributed by atoms with Gasteiger partial charge in [0.1, 0.15) is 0 Å². The monoisotopic (exact) mass is 425 g/mol. The quantitative estimate of drug-likeness (QED) is 0.356. The van der Waals surface area contributed by atoms with Gasteiger partial charge in [0.25, 0.3) is 0 Å². The van der Waals surface area contributed by atoms with Crippen molar-refractivity contribution < 1.29 is 0 Å². The Morgan fingerprint density at radius 1 is 0.833 bits per heavy atom. The van der Waals surface area contributed by atoms with Gasteiger partial charge in [0.2, 0.25) is 0 Å². The van der Waals surface area contributed by atoms with Crippen molar-refractivity contribution in [3.63, 3.8) is 0 Å². The average molecular weight is 425 g/mol. The molecular weight excluding hydrogens is 360 g/mol. The minimum Gasteiger partial charge on any atom is -0.100 e. The van der Waals surface area contributed by atoms with E-state index in [9.17, 15) is 0 Å². The first-order valence-electron chi connectivity index (χ1n) is 12.5. The fourth-order valence-electron chi connectivity index (χ4n) is 2.96. The summed E-state index contributed by atoms with van der Waals surface area (Å²) in [5.41, 5.74) is 1.29. The van der Waals surface area contributed by atoms with Crippen LogP contribution in [0.25, 0.3) is 0 Å². The number of allylic oxidation sites excluding steroid dienone is 3. The third-order valence-corrected chi connectivity index (χ3v) is 5.56. The molecule has 0 aromatic rings. The van der Waals surface area contributed by atoms with Gasteiger partial charge in [0, 0.05) is 0 Å². The van der Waals surface area contributed by atoms with Crippen molar-refractivity contribution in [2.45, 2.75) is 130 Å². The standard InChI is InChI=1S/C9H16.C8H18.C7H14.C5H12.CH4/c1-8(2)7-9-5-3-4-6-9;1-6(2)8(5)7(3)4;1-6(2)5-7(3)4;1-4-5(2)3;/h3,5,8-9H,4,6-7H2,1-2H3;6-8H,1-5H3;7H,1,5H2,2-4H3;5H,4H2,1-3H3;1H4. The third kappa shape index (κ3) is 32.2. The molecule has 0 saturated carbocycles. The number of rotatable bonds is 7. The molecule has 0 heterocycles. The van der Waals surface area contributed by atoms with Crippen molar-refractivity contribution >= 4 is 0 Å². The first-order chi connectivity index (χ1) is 13.2. The Morgan fingerprint density at radius 3 is 1.40 bits per heavy atom. The molecule has 0 aliphatic heterocycles. The molecule has 0 nitrogen and oxygen atoms in total. The number of hydrogen-bond acceptors (Lipinski definition) is 0. The Hall–Kier alpha value is -0.520. The average Bonchev–Trinajstić information content (AvgIpc) is 3.06. The van der Waals surface area contributed by atoms with Crippen molar-refractivity contribution in [2.24, 2.45) is 41.4 Å². The molecule has 1 rings (SSSR count). The van der Waals surface area contributed by atoms with Crippen molar-refractivity contribution in [1.29, 1.82) is 0 Å². The van der Waals surface area contributed by atoms with Crippen LogP contribution in [0.1, 0.15) is 130 Å². The highest BCUT2D eigenvalue weighted by molar-refractivity contribution is 4.96. The topological polar surface area (TPSA) is 0 Å². The van der Waals surface area contributed by atoms with Crippen molar-refractivity contribution in [3.8, 4) is 0 Å². The van der Waals surface area contributed by atoms with E-state index in [1.54, 1.807) is 0 Å². The highest BCUT2D eigenvalue weighted by Gasteiger charge is 2.10. The molecule has 1 aliphatic carbocycles. The molecule has 0 saturated heterocycles. The van der Waals surface area contributed by atoms with Gasteiger partial charge < -0.3 is 0 Å². The summed E-state index contributed by atoms with van der Waals surface area (Å²) in [7, 11) is 0. The van der Waals surface area contributed by atoms with Crippen LogP contribution in [-0.2, 0) is 0 Å². The molecule has 0 radical (unpaired) electrons. The summed E-state index contributed by atoms with van der Waals surface area (Å²) >= 11 is 0. The van der Waals surface area contributed by atoms with Gasteiger partial charge >= 0.3 is 0 Å². The van der Waals surface area contributed by atoms with Crippen molar-refractivity contribution in [2.75, 3.05) is 0 Å². The zero-order valence-electron chi connectivity index (χ0n) is 22.9. The second-order valence-corrected chi connectivity index (χ2v) is 11.1. The number of hydrogen-bond donors (Lipinski definition) is 0. The van der Waals surface area contributed by atoms with Crippen LogP contribution < -0.4 is 0 Å². The Labute approximate surface area is 195 Å². The predicted octanol–water partition coefficient (Wildman–Crippen LogP) is 11.2. The molecule has 0 aromatic heterocycles.